The van der Waals surface area contributed by atoms with Gasteiger partial charge in [0.2, 0.25) is 15.9 Å². The van der Waals surface area contributed by atoms with Gasteiger partial charge in [0.05, 0.1) is 22.9 Å². The first-order chi connectivity index (χ1) is 10.9. The number of amides is 1. The molecule has 0 bridgehead atoms. The first-order valence-corrected chi connectivity index (χ1v) is 10.2. The molecule has 0 radical (unpaired) electrons. The zero-order chi connectivity index (χ0) is 16.4. The van der Waals surface area contributed by atoms with Gasteiger partial charge in [-0.3, -0.25) is 9.52 Å². The van der Waals surface area contributed by atoms with E-state index in [4.69, 9.17) is 0 Å². The average Bonchev–Trinajstić information content (AvgIpc) is 3.04. The number of aromatic nitrogens is 1. The first kappa shape index (κ1) is 15.9. The lowest BCUT2D eigenvalue weighted by Gasteiger charge is -2.03. The SMILES string of the molecule is CS(=O)(=O)Nc1nc2ccc(NC(=O)Cc3cccs3)cc2s1. The topological polar surface area (TPSA) is 88.2 Å². The standard InChI is InChI=1S/C14H13N3O3S3/c1-23(19,20)17-14-16-11-5-4-9(7-12(11)22-14)15-13(18)8-10-3-2-6-21-10/h2-7H,8H2,1H3,(H,15,18)(H,16,17). The monoisotopic (exact) mass is 367 g/mol. The molecule has 3 rings (SSSR count). The zero-order valence-electron chi connectivity index (χ0n) is 12.1. The molecule has 0 unspecified atom stereocenters. The van der Waals surface area contributed by atoms with Crippen LogP contribution in [0.5, 0.6) is 0 Å². The number of thiazole rings is 1. The van der Waals surface area contributed by atoms with Gasteiger partial charge < -0.3 is 5.32 Å². The minimum absolute atomic E-state index is 0.0919. The molecule has 6 nitrogen and oxygen atoms in total. The van der Waals surface area contributed by atoms with Crippen molar-refractivity contribution < 1.29 is 13.2 Å². The van der Waals surface area contributed by atoms with Gasteiger partial charge in [0.25, 0.3) is 0 Å². The summed E-state index contributed by atoms with van der Waals surface area (Å²) in [4.78, 5) is 17.2. The quantitative estimate of drug-likeness (QED) is 0.726. The molecule has 23 heavy (non-hydrogen) atoms. The first-order valence-electron chi connectivity index (χ1n) is 6.60. The maximum absolute atomic E-state index is 12.0. The van der Waals surface area contributed by atoms with Crippen LogP contribution in [0.1, 0.15) is 4.88 Å². The van der Waals surface area contributed by atoms with Crippen LogP contribution in [0.15, 0.2) is 35.7 Å². The van der Waals surface area contributed by atoms with Crippen molar-refractivity contribution >= 4 is 59.6 Å². The highest BCUT2D eigenvalue weighted by Crippen LogP contribution is 2.29. The third kappa shape index (κ3) is 4.27. The molecule has 0 atom stereocenters. The summed E-state index contributed by atoms with van der Waals surface area (Å²) in [6.45, 7) is 0. The number of thiophene rings is 1. The van der Waals surface area contributed by atoms with Gasteiger partial charge in [-0.1, -0.05) is 17.4 Å². The van der Waals surface area contributed by atoms with Crippen LogP contribution >= 0.6 is 22.7 Å². The molecule has 0 saturated carbocycles. The molecule has 0 fully saturated rings. The Balaban J connectivity index is 1.75. The molecule has 0 spiro atoms. The van der Waals surface area contributed by atoms with Gasteiger partial charge in [-0.25, -0.2) is 13.4 Å². The van der Waals surface area contributed by atoms with Crippen LogP contribution in [0.4, 0.5) is 10.8 Å². The molecule has 0 saturated heterocycles. The number of fused-ring (bicyclic) bond motifs is 1. The van der Waals surface area contributed by atoms with E-state index in [0.29, 0.717) is 22.8 Å². The summed E-state index contributed by atoms with van der Waals surface area (Å²) in [6, 6.07) is 9.11. The summed E-state index contributed by atoms with van der Waals surface area (Å²) in [6.07, 6.45) is 1.41. The summed E-state index contributed by atoms with van der Waals surface area (Å²) < 4.78 is 25.6. The molecule has 9 heteroatoms. The highest BCUT2D eigenvalue weighted by Gasteiger charge is 2.10. The van der Waals surface area contributed by atoms with E-state index in [1.165, 1.54) is 22.7 Å². The molecule has 0 aliphatic rings. The third-order valence-electron chi connectivity index (χ3n) is 2.86. The Hall–Kier alpha value is -1.97. The van der Waals surface area contributed by atoms with Crippen molar-refractivity contribution in [3.63, 3.8) is 0 Å². The Labute approximate surface area is 141 Å². The Morgan fingerprint density at radius 1 is 1.30 bits per heavy atom. The van der Waals surface area contributed by atoms with Crippen LogP contribution in [0.2, 0.25) is 0 Å². The minimum atomic E-state index is -3.35. The summed E-state index contributed by atoms with van der Waals surface area (Å²) in [5, 5.41) is 5.08. The average molecular weight is 367 g/mol. The fraction of sp³-hybridized carbons (Fsp3) is 0.143. The Bertz CT molecular complexity index is 946. The van der Waals surface area contributed by atoms with E-state index in [2.05, 4.69) is 15.0 Å². The number of rotatable bonds is 5. The number of anilines is 2. The van der Waals surface area contributed by atoms with Crippen molar-refractivity contribution in [3.05, 3.63) is 40.6 Å². The van der Waals surface area contributed by atoms with E-state index < -0.39 is 10.0 Å². The van der Waals surface area contributed by atoms with Gasteiger partial charge >= 0.3 is 0 Å². The van der Waals surface area contributed by atoms with Crippen LogP contribution in [-0.2, 0) is 21.2 Å². The normalized spacial score (nSPS) is 11.5. The second kappa shape index (κ2) is 6.26. The molecule has 3 aromatic rings. The number of benzene rings is 1. The molecule has 2 aromatic heterocycles. The summed E-state index contributed by atoms with van der Waals surface area (Å²) >= 11 is 2.76. The molecule has 0 aliphatic heterocycles. The number of nitrogens with one attached hydrogen (secondary N) is 2. The predicted molar refractivity (Wildman–Crippen MR) is 94.7 cm³/mol. The van der Waals surface area contributed by atoms with E-state index in [-0.39, 0.29) is 5.91 Å². The van der Waals surface area contributed by atoms with Crippen molar-refractivity contribution in [3.8, 4) is 0 Å². The fourth-order valence-electron chi connectivity index (χ4n) is 1.98. The fourth-order valence-corrected chi connectivity index (χ4v) is 4.42. The summed E-state index contributed by atoms with van der Waals surface area (Å²) in [5.41, 5.74) is 1.34. The van der Waals surface area contributed by atoms with Crippen molar-refractivity contribution in [2.75, 3.05) is 16.3 Å². The predicted octanol–water partition coefficient (Wildman–Crippen LogP) is 2.91. The smallest absolute Gasteiger partial charge is 0.231 e. The molecule has 0 aliphatic carbocycles. The van der Waals surface area contributed by atoms with E-state index in [9.17, 15) is 13.2 Å². The molecular formula is C14H13N3O3S3. The molecule has 120 valence electrons. The minimum Gasteiger partial charge on any atom is -0.326 e. The van der Waals surface area contributed by atoms with Crippen LogP contribution in [0.3, 0.4) is 0 Å². The lowest BCUT2D eigenvalue weighted by molar-refractivity contribution is -0.115. The largest absolute Gasteiger partial charge is 0.326 e. The molecule has 2 heterocycles. The molecule has 2 N–H and O–H groups in total. The van der Waals surface area contributed by atoms with Gasteiger partial charge in [-0.2, -0.15) is 0 Å². The van der Waals surface area contributed by atoms with Crippen molar-refractivity contribution in [1.82, 2.24) is 4.98 Å². The van der Waals surface area contributed by atoms with Gasteiger partial charge in [-0.05, 0) is 29.6 Å². The zero-order valence-corrected chi connectivity index (χ0v) is 14.5. The molecule has 1 amide bonds. The van der Waals surface area contributed by atoms with E-state index in [0.717, 1.165) is 15.8 Å². The van der Waals surface area contributed by atoms with E-state index in [1.807, 2.05) is 17.5 Å². The van der Waals surface area contributed by atoms with Crippen LogP contribution in [0, 0.1) is 0 Å². The molecule has 1 aromatic carbocycles. The number of carbonyl (C=O) groups is 1. The van der Waals surface area contributed by atoms with Crippen LogP contribution < -0.4 is 10.0 Å². The van der Waals surface area contributed by atoms with Crippen LogP contribution in [0.25, 0.3) is 10.2 Å². The van der Waals surface area contributed by atoms with E-state index in [1.54, 1.807) is 18.2 Å². The Kier molecular flexibility index (Phi) is 4.33. The number of carbonyl (C=O) groups excluding carboxylic acids is 1. The third-order valence-corrected chi connectivity index (χ3v) is 5.36. The number of nitrogens with zero attached hydrogens (tertiary/aromatic N) is 1. The molecular weight excluding hydrogens is 354 g/mol. The Morgan fingerprint density at radius 3 is 2.83 bits per heavy atom. The highest BCUT2D eigenvalue weighted by molar-refractivity contribution is 7.92. The highest BCUT2D eigenvalue weighted by atomic mass is 32.2. The van der Waals surface area contributed by atoms with Crippen molar-refractivity contribution in [2.45, 2.75) is 6.42 Å². The lowest BCUT2D eigenvalue weighted by Crippen LogP contribution is -2.13. The summed E-state index contributed by atoms with van der Waals surface area (Å²) in [5.74, 6) is -0.0919. The Morgan fingerprint density at radius 2 is 2.13 bits per heavy atom. The number of hydrogen-bond donors (Lipinski definition) is 2. The lowest BCUT2D eigenvalue weighted by atomic mass is 10.2. The van der Waals surface area contributed by atoms with E-state index >= 15 is 0 Å². The van der Waals surface area contributed by atoms with Crippen molar-refractivity contribution in [1.29, 1.82) is 0 Å². The van der Waals surface area contributed by atoms with Crippen molar-refractivity contribution in [2.24, 2.45) is 0 Å². The van der Waals surface area contributed by atoms with Gasteiger partial charge in [-0.15, -0.1) is 11.3 Å². The van der Waals surface area contributed by atoms with Crippen LogP contribution in [-0.4, -0.2) is 25.6 Å². The maximum Gasteiger partial charge on any atom is 0.231 e. The number of hydrogen-bond acceptors (Lipinski definition) is 6. The second-order valence-corrected chi connectivity index (χ2v) is 8.69. The van der Waals surface area contributed by atoms with Gasteiger partial charge in [0, 0.05) is 10.6 Å². The number of sulfonamides is 1. The summed E-state index contributed by atoms with van der Waals surface area (Å²) in [7, 11) is -3.35. The van der Waals surface area contributed by atoms with Gasteiger partial charge in [0.1, 0.15) is 0 Å². The maximum atomic E-state index is 12.0. The second-order valence-electron chi connectivity index (χ2n) is 4.88. The van der Waals surface area contributed by atoms with Gasteiger partial charge in [0.15, 0.2) is 5.13 Å².